The van der Waals surface area contributed by atoms with Gasteiger partial charge in [0.2, 0.25) is 5.91 Å². The van der Waals surface area contributed by atoms with Crippen molar-refractivity contribution >= 4 is 5.91 Å². The normalized spacial score (nSPS) is 11.7. The Morgan fingerprint density at radius 3 is 2.72 bits per heavy atom. The van der Waals surface area contributed by atoms with Crippen LogP contribution in [0.15, 0.2) is 18.2 Å². The molecule has 0 bridgehead atoms. The number of hydrogen-bond acceptors (Lipinski definition) is 2. The first-order chi connectivity index (χ1) is 8.49. The van der Waals surface area contributed by atoms with Crippen LogP contribution in [0.3, 0.4) is 0 Å². The molecule has 5 heteroatoms. The fourth-order valence-electron chi connectivity index (χ4n) is 1.59. The molecular formula is C13H14F2N2O. The van der Waals surface area contributed by atoms with Gasteiger partial charge in [-0.3, -0.25) is 4.79 Å². The van der Waals surface area contributed by atoms with E-state index in [0.29, 0.717) is 6.42 Å². The van der Waals surface area contributed by atoms with Gasteiger partial charge in [0.25, 0.3) is 0 Å². The summed E-state index contributed by atoms with van der Waals surface area (Å²) in [6, 6.07) is 4.97. The minimum absolute atomic E-state index is 0.0550. The average molecular weight is 252 g/mol. The number of carbonyl (C=O) groups excluding carboxylic acids is 1. The van der Waals surface area contributed by atoms with E-state index < -0.39 is 17.6 Å². The number of carbonyl (C=O) groups is 1. The van der Waals surface area contributed by atoms with E-state index in [2.05, 4.69) is 0 Å². The third-order valence-electron chi connectivity index (χ3n) is 2.65. The van der Waals surface area contributed by atoms with Crippen LogP contribution < -0.4 is 0 Å². The van der Waals surface area contributed by atoms with E-state index in [1.165, 1.54) is 11.9 Å². The molecule has 1 rings (SSSR count). The maximum Gasteiger partial charge on any atom is 0.239 e. The number of hydrogen-bond donors (Lipinski definition) is 0. The third kappa shape index (κ3) is 3.27. The van der Waals surface area contributed by atoms with Crippen molar-refractivity contribution in [1.82, 2.24) is 4.90 Å². The quantitative estimate of drug-likeness (QED) is 0.826. The van der Waals surface area contributed by atoms with Gasteiger partial charge in [-0.1, -0.05) is 6.92 Å². The molecule has 18 heavy (non-hydrogen) atoms. The van der Waals surface area contributed by atoms with Gasteiger partial charge in [-0.05, 0) is 24.6 Å². The topological polar surface area (TPSA) is 44.1 Å². The fourth-order valence-corrected chi connectivity index (χ4v) is 1.59. The van der Waals surface area contributed by atoms with Crippen LogP contribution in [0.1, 0.15) is 18.9 Å². The summed E-state index contributed by atoms with van der Waals surface area (Å²) >= 11 is 0. The summed E-state index contributed by atoms with van der Waals surface area (Å²) in [6.07, 6.45) is 0.394. The SMILES string of the molecule is CCC(C#N)C(=O)N(C)Cc1cc(F)ccc1F. The van der Waals surface area contributed by atoms with Crippen molar-refractivity contribution in [2.24, 2.45) is 5.92 Å². The molecule has 0 aromatic heterocycles. The second kappa shape index (κ2) is 6.10. The van der Waals surface area contributed by atoms with Crippen molar-refractivity contribution < 1.29 is 13.6 Å². The molecule has 1 aromatic rings. The van der Waals surface area contributed by atoms with E-state index >= 15 is 0 Å². The van der Waals surface area contributed by atoms with Crippen LogP contribution in [0, 0.1) is 28.9 Å². The number of halogens is 2. The summed E-state index contributed by atoms with van der Waals surface area (Å²) in [4.78, 5) is 13.0. The molecule has 0 radical (unpaired) electrons. The summed E-state index contributed by atoms with van der Waals surface area (Å²) in [5.74, 6) is -2.25. The Morgan fingerprint density at radius 2 is 2.17 bits per heavy atom. The van der Waals surface area contributed by atoms with Crippen LogP contribution in [0.2, 0.25) is 0 Å². The van der Waals surface area contributed by atoms with E-state index in [-0.39, 0.29) is 18.0 Å². The molecule has 1 atom stereocenters. The summed E-state index contributed by atoms with van der Waals surface area (Å²) in [6.45, 7) is 1.67. The Hall–Kier alpha value is -1.96. The zero-order chi connectivity index (χ0) is 13.7. The van der Waals surface area contributed by atoms with Gasteiger partial charge in [0, 0.05) is 19.2 Å². The van der Waals surface area contributed by atoms with E-state index in [0.717, 1.165) is 18.2 Å². The molecule has 0 aliphatic carbocycles. The van der Waals surface area contributed by atoms with E-state index in [1.807, 2.05) is 6.07 Å². The molecule has 0 saturated heterocycles. The highest BCUT2D eigenvalue weighted by Gasteiger charge is 2.20. The van der Waals surface area contributed by atoms with Crippen molar-refractivity contribution in [3.63, 3.8) is 0 Å². The summed E-state index contributed by atoms with van der Waals surface area (Å²) in [7, 11) is 1.46. The number of amides is 1. The van der Waals surface area contributed by atoms with Gasteiger partial charge in [0.05, 0.1) is 6.07 Å². The Bertz CT molecular complexity index is 482. The van der Waals surface area contributed by atoms with Crippen LogP contribution in [0.4, 0.5) is 8.78 Å². The lowest BCUT2D eigenvalue weighted by Crippen LogP contribution is -2.32. The highest BCUT2D eigenvalue weighted by atomic mass is 19.1. The molecule has 0 spiro atoms. The van der Waals surface area contributed by atoms with Gasteiger partial charge in [-0.2, -0.15) is 5.26 Å². The summed E-state index contributed by atoms with van der Waals surface area (Å²) < 4.78 is 26.4. The first-order valence-corrected chi connectivity index (χ1v) is 5.58. The van der Waals surface area contributed by atoms with Gasteiger partial charge >= 0.3 is 0 Å². The molecule has 1 aromatic carbocycles. The van der Waals surface area contributed by atoms with Crippen LogP contribution in [0.25, 0.3) is 0 Å². The predicted molar refractivity (Wildman–Crippen MR) is 62.2 cm³/mol. The van der Waals surface area contributed by atoms with Crippen LogP contribution in [0.5, 0.6) is 0 Å². The van der Waals surface area contributed by atoms with Gasteiger partial charge in [-0.25, -0.2) is 8.78 Å². The van der Waals surface area contributed by atoms with Gasteiger partial charge in [0.1, 0.15) is 17.6 Å². The minimum atomic E-state index is -0.744. The van der Waals surface area contributed by atoms with Crippen molar-refractivity contribution in [3.05, 3.63) is 35.4 Å². The summed E-state index contributed by atoms with van der Waals surface area (Å²) in [5, 5.41) is 8.78. The Morgan fingerprint density at radius 1 is 1.50 bits per heavy atom. The largest absolute Gasteiger partial charge is 0.340 e. The Balaban J connectivity index is 2.81. The zero-order valence-corrected chi connectivity index (χ0v) is 10.3. The van der Waals surface area contributed by atoms with Gasteiger partial charge in [0.15, 0.2) is 0 Å². The van der Waals surface area contributed by atoms with Gasteiger partial charge in [-0.15, -0.1) is 0 Å². The average Bonchev–Trinajstić information content (AvgIpc) is 2.35. The number of nitrogens with zero attached hydrogens (tertiary/aromatic N) is 2. The highest BCUT2D eigenvalue weighted by molar-refractivity contribution is 5.80. The van der Waals surface area contributed by atoms with Crippen LogP contribution in [-0.4, -0.2) is 17.9 Å². The lowest BCUT2D eigenvalue weighted by molar-refractivity contribution is -0.133. The maximum absolute atomic E-state index is 13.4. The number of rotatable bonds is 4. The fraction of sp³-hybridized carbons (Fsp3) is 0.385. The molecular weight excluding hydrogens is 238 g/mol. The molecule has 1 unspecified atom stereocenters. The van der Waals surface area contributed by atoms with E-state index in [1.54, 1.807) is 6.92 Å². The maximum atomic E-state index is 13.4. The Kier molecular flexibility index (Phi) is 4.78. The zero-order valence-electron chi connectivity index (χ0n) is 10.3. The standard InChI is InChI=1S/C13H14F2N2O/c1-3-9(7-16)13(18)17(2)8-10-6-11(14)4-5-12(10)15/h4-6,9H,3,8H2,1-2H3. The van der Waals surface area contributed by atoms with Gasteiger partial charge < -0.3 is 4.90 Å². The predicted octanol–water partition coefficient (Wildman–Crippen LogP) is 2.47. The minimum Gasteiger partial charge on any atom is -0.340 e. The third-order valence-corrected chi connectivity index (χ3v) is 2.65. The second-order valence-electron chi connectivity index (χ2n) is 4.02. The molecule has 0 heterocycles. The molecule has 0 N–H and O–H groups in total. The second-order valence-corrected chi connectivity index (χ2v) is 4.02. The smallest absolute Gasteiger partial charge is 0.239 e. The van der Waals surface area contributed by atoms with Crippen molar-refractivity contribution in [2.75, 3.05) is 7.05 Å². The first-order valence-electron chi connectivity index (χ1n) is 5.58. The molecule has 1 amide bonds. The monoisotopic (exact) mass is 252 g/mol. The van der Waals surface area contributed by atoms with Crippen LogP contribution >= 0.6 is 0 Å². The molecule has 0 aliphatic rings. The van der Waals surface area contributed by atoms with Crippen molar-refractivity contribution in [3.8, 4) is 6.07 Å². The van der Waals surface area contributed by atoms with E-state index in [9.17, 15) is 13.6 Å². The van der Waals surface area contributed by atoms with E-state index in [4.69, 9.17) is 5.26 Å². The molecule has 0 fully saturated rings. The highest BCUT2D eigenvalue weighted by Crippen LogP contribution is 2.14. The first kappa shape index (κ1) is 14.1. The number of benzene rings is 1. The Labute approximate surface area is 105 Å². The molecule has 96 valence electrons. The van der Waals surface area contributed by atoms with Crippen molar-refractivity contribution in [1.29, 1.82) is 5.26 Å². The lowest BCUT2D eigenvalue weighted by atomic mass is 10.1. The van der Waals surface area contributed by atoms with Crippen LogP contribution in [-0.2, 0) is 11.3 Å². The number of nitriles is 1. The molecule has 0 aliphatic heterocycles. The van der Waals surface area contributed by atoms with Crippen molar-refractivity contribution in [2.45, 2.75) is 19.9 Å². The molecule has 3 nitrogen and oxygen atoms in total. The summed E-state index contributed by atoms with van der Waals surface area (Å²) in [5.41, 5.74) is 0.0960. The lowest BCUT2D eigenvalue weighted by Gasteiger charge is -2.19. The molecule has 0 saturated carbocycles.